The van der Waals surface area contributed by atoms with Crippen molar-refractivity contribution in [2.45, 2.75) is 12.5 Å². The summed E-state index contributed by atoms with van der Waals surface area (Å²) < 4.78 is 19.5. The molecule has 4 heteroatoms. The monoisotopic (exact) mass is 373 g/mol. The highest BCUT2D eigenvalue weighted by Crippen LogP contribution is 2.41. The number of hydrogen-bond acceptors (Lipinski definition) is 3. The summed E-state index contributed by atoms with van der Waals surface area (Å²) >= 11 is 0. The summed E-state index contributed by atoms with van der Waals surface area (Å²) in [4.78, 5) is 0. The van der Waals surface area contributed by atoms with Gasteiger partial charge in [0.15, 0.2) is 11.5 Å². The van der Waals surface area contributed by atoms with Crippen molar-refractivity contribution in [3.8, 4) is 11.5 Å². The first-order valence-corrected chi connectivity index (χ1v) is 9.54. The Morgan fingerprint density at radius 3 is 2.46 bits per heavy atom. The Morgan fingerprint density at radius 1 is 0.893 bits per heavy atom. The molecule has 142 valence electrons. The number of benzene rings is 3. The molecule has 2 heterocycles. The van der Waals surface area contributed by atoms with Crippen molar-refractivity contribution >= 4 is 21.8 Å². The predicted octanol–water partition coefficient (Wildman–Crippen LogP) is 5.01. The molecule has 0 N–H and O–H groups in total. The van der Waals surface area contributed by atoms with Crippen LogP contribution in [0.25, 0.3) is 21.8 Å². The fourth-order valence-electron chi connectivity index (χ4n) is 4.40. The van der Waals surface area contributed by atoms with Crippen molar-refractivity contribution in [1.29, 1.82) is 0 Å². The van der Waals surface area contributed by atoms with Gasteiger partial charge in [0.2, 0.25) is 0 Å². The van der Waals surface area contributed by atoms with Gasteiger partial charge in [0.25, 0.3) is 0 Å². The molecule has 0 amide bonds. The van der Waals surface area contributed by atoms with Crippen LogP contribution in [-0.2, 0) is 18.2 Å². The molecule has 0 unspecified atom stereocenters. The van der Waals surface area contributed by atoms with E-state index >= 15 is 0 Å². The maximum Gasteiger partial charge on any atom is 0.161 e. The van der Waals surface area contributed by atoms with E-state index in [1.165, 1.54) is 27.4 Å². The quantitative estimate of drug-likeness (QED) is 0.506. The molecule has 1 aromatic heterocycles. The van der Waals surface area contributed by atoms with Gasteiger partial charge < -0.3 is 18.8 Å². The number of hydrogen-bond donors (Lipinski definition) is 0. The summed E-state index contributed by atoms with van der Waals surface area (Å²) in [6, 6.07) is 19.3. The van der Waals surface area contributed by atoms with Gasteiger partial charge in [0.1, 0.15) is 6.10 Å². The summed E-state index contributed by atoms with van der Waals surface area (Å²) in [5.41, 5.74) is 6.05. The van der Waals surface area contributed by atoms with Crippen molar-refractivity contribution in [2.24, 2.45) is 7.05 Å². The second-order valence-corrected chi connectivity index (χ2v) is 7.26. The van der Waals surface area contributed by atoms with Crippen LogP contribution in [0.15, 0.2) is 54.6 Å². The number of aromatic nitrogens is 1. The van der Waals surface area contributed by atoms with Gasteiger partial charge in [-0.3, -0.25) is 0 Å². The largest absolute Gasteiger partial charge is 0.493 e. The number of aryl methyl sites for hydroxylation is 1. The fraction of sp³-hybridized carbons (Fsp3) is 0.250. The Bertz CT molecular complexity index is 1190. The Kier molecular flexibility index (Phi) is 4.02. The van der Waals surface area contributed by atoms with E-state index in [-0.39, 0.29) is 6.10 Å². The van der Waals surface area contributed by atoms with Crippen LogP contribution in [-0.4, -0.2) is 25.4 Å². The van der Waals surface area contributed by atoms with Gasteiger partial charge >= 0.3 is 0 Å². The van der Waals surface area contributed by atoms with Gasteiger partial charge in [-0.2, -0.15) is 0 Å². The van der Waals surface area contributed by atoms with Crippen LogP contribution in [0.2, 0.25) is 0 Å². The third-order valence-corrected chi connectivity index (χ3v) is 5.82. The van der Waals surface area contributed by atoms with Crippen molar-refractivity contribution in [3.63, 3.8) is 0 Å². The molecule has 1 aliphatic heterocycles. The minimum atomic E-state index is -0.105. The summed E-state index contributed by atoms with van der Waals surface area (Å²) in [5.74, 6) is 1.51. The van der Waals surface area contributed by atoms with Crippen LogP contribution < -0.4 is 9.47 Å². The minimum absolute atomic E-state index is 0.105. The molecule has 0 aliphatic carbocycles. The number of para-hydroxylation sites is 1. The fourth-order valence-corrected chi connectivity index (χ4v) is 4.40. The number of ether oxygens (including phenoxy) is 3. The molecule has 3 aromatic carbocycles. The van der Waals surface area contributed by atoms with Crippen LogP contribution in [0.4, 0.5) is 0 Å². The summed E-state index contributed by atoms with van der Waals surface area (Å²) in [7, 11) is 5.47. The smallest absolute Gasteiger partial charge is 0.161 e. The molecule has 0 fully saturated rings. The van der Waals surface area contributed by atoms with Crippen LogP contribution in [0.1, 0.15) is 22.8 Å². The average molecular weight is 373 g/mol. The number of methoxy groups -OCH3 is 2. The summed E-state index contributed by atoms with van der Waals surface area (Å²) in [6.45, 7) is 0.695. The zero-order valence-electron chi connectivity index (χ0n) is 16.4. The van der Waals surface area contributed by atoms with Crippen molar-refractivity contribution < 1.29 is 14.2 Å². The standard InChI is InChI=1S/C24H23NO3/c1-25-20-7-5-4-6-17(20)19-12-16(8-9-21(19)25)24-18-14-23(27-3)22(26-2)13-15(18)10-11-28-24/h4-9,12-14,24H,10-11H2,1-3H3/t24-/m0/s1. The lowest BCUT2D eigenvalue weighted by Crippen LogP contribution is -2.17. The number of fused-ring (bicyclic) bond motifs is 4. The molecular weight excluding hydrogens is 350 g/mol. The molecule has 0 bridgehead atoms. The maximum atomic E-state index is 6.23. The van der Waals surface area contributed by atoms with Gasteiger partial charge in [-0.25, -0.2) is 0 Å². The first-order chi connectivity index (χ1) is 13.7. The van der Waals surface area contributed by atoms with Gasteiger partial charge in [-0.05, 0) is 53.4 Å². The Balaban J connectivity index is 1.68. The zero-order valence-corrected chi connectivity index (χ0v) is 16.4. The van der Waals surface area contributed by atoms with Crippen LogP contribution in [0.3, 0.4) is 0 Å². The third kappa shape index (κ3) is 2.49. The van der Waals surface area contributed by atoms with E-state index in [1.807, 2.05) is 0 Å². The van der Waals surface area contributed by atoms with E-state index in [4.69, 9.17) is 14.2 Å². The van der Waals surface area contributed by atoms with Gasteiger partial charge in [0.05, 0.1) is 20.8 Å². The number of rotatable bonds is 3. The normalized spacial score (nSPS) is 16.3. The van der Waals surface area contributed by atoms with E-state index in [1.54, 1.807) is 14.2 Å². The summed E-state index contributed by atoms with van der Waals surface area (Å²) in [6.07, 6.45) is 0.773. The Hall–Kier alpha value is -2.98. The Labute approximate surface area is 164 Å². The third-order valence-electron chi connectivity index (χ3n) is 5.82. The van der Waals surface area contributed by atoms with E-state index in [9.17, 15) is 0 Å². The number of nitrogens with zero attached hydrogens (tertiary/aromatic N) is 1. The lowest BCUT2D eigenvalue weighted by Gasteiger charge is -2.28. The lowest BCUT2D eigenvalue weighted by atomic mass is 9.91. The maximum absolute atomic E-state index is 6.23. The molecule has 0 saturated carbocycles. The topological polar surface area (TPSA) is 32.6 Å². The lowest BCUT2D eigenvalue weighted by molar-refractivity contribution is 0.0696. The Morgan fingerprint density at radius 2 is 1.64 bits per heavy atom. The molecule has 5 rings (SSSR count). The van der Waals surface area contributed by atoms with Crippen LogP contribution in [0.5, 0.6) is 11.5 Å². The van der Waals surface area contributed by atoms with Gasteiger partial charge in [0, 0.05) is 28.9 Å². The molecule has 28 heavy (non-hydrogen) atoms. The molecule has 0 spiro atoms. The highest BCUT2D eigenvalue weighted by atomic mass is 16.5. The van der Waals surface area contributed by atoms with E-state index in [0.717, 1.165) is 29.0 Å². The van der Waals surface area contributed by atoms with Gasteiger partial charge in [-0.1, -0.05) is 24.3 Å². The molecule has 0 saturated heterocycles. The molecule has 0 radical (unpaired) electrons. The SMILES string of the molecule is COc1cc2c(cc1OC)[C@H](c1ccc3c(c1)c1ccccc1n3C)OCC2. The van der Waals surface area contributed by atoms with Gasteiger partial charge in [-0.15, -0.1) is 0 Å². The average Bonchev–Trinajstić information content (AvgIpc) is 3.04. The minimum Gasteiger partial charge on any atom is -0.493 e. The predicted molar refractivity (Wildman–Crippen MR) is 111 cm³/mol. The molecule has 4 nitrogen and oxygen atoms in total. The first kappa shape index (κ1) is 17.1. The zero-order chi connectivity index (χ0) is 19.3. The van der Waals surface area contributed by atoms with Crippen LogP contribution in [0, 0.1) is 0 Å². The molecular formula is C24H23NO3. The second-order valence-electron chi connectivity index (χ2n) is 7.26. The molecule has 4 aromatic rings. The van der Waals surface area contributed by atoms with E-state index in [0.29, 0.717) is 6.61 Å². The second kappa shape index (κ2) is 6.57. The van der Waals surface area contributed by atoms with E-state index in [2.05, 4.69) is 66.2 Å². The highest BCUT2D eigenvalue weighted by molar-refractivity contribution is 6.08. The molecule has 1 aliphatic rings. The van der Waals surface area contributed by atoms with E-state index < -0.39 is 0 Å². The highest BCUT2D eigenvalue weighted by Gasteiger charge is 2.25. The van der Waals surface area contributed by atoms with Crippen molar-refractivity contribution in [3.05, 3.63) is 71.3 Å². The van der Waals surface area contributed by atoms with Crippen molar-refractivity contribution in [1.82, 2.24) is 4.57 Å². The molecule has 1 atom stereocenters. The first-order valence-electron chi connectivity index (χ1n) is 9.54. The van der Waals surface area contributed by atoms with Crippen LogP contribution >= 0.6 is 0 Å². The van der Waals surface area contributed by atoms with Crippen molar-refractivity contribution in [2.75, 3.05) is 20.8 Å². The summed E-state index contributed by atoms with van der Waals surface area (Å²) in [5, 5.41) is 2.52.